The molecule has 1 aromatic rings. The third-order valence-corrected chi connectivity index (χ3v) is 3.62. The molecule has 0 aliphatic carbocycles. The van der Waals surface area contributed by atoms with Gasteiger partial charge in [0.2, 0.25) is 0 Å². The molecule has 1 N–H and O–H groups in total. The number of hydrogen-bond acceptors (Lipinski definition) is 3. The molecule has 0 atom stereocenters. The van der Waals surface area contributed by atoms with E-state index in [-0.39, 0.29) is 10.9 Å². The van der Waals surface area contributed by atoms with Gasteiger partial charge in [-0.25, -0.2) is 13.2 Å². The first kappa shape index (κ1) is 11.2. The summed E-state index contributed by atoms with van der Waals surface area (Å²) in [7, 11) is 1.47. The standard InChI is InChI=1S/C9H9ClN2O3S/c10-16(14,15)8-3-1-2-7(6-8)12-5-4-11-9(12)13/h1-3,6H,4-5H2,(H,11,13). The Morgan fingerprint density at radius 3 is 2.69 bits per heavy atom. The predicted molar refractivity (Wildman–Crippen MR) is 60.2 cm³/mol. The number of hydrogen-bond donors (Lipinski definition) is 1. The van der Waals surface area contributed by atoms with Crippen molar-refractivity contribution >= 4 is 31.5 Å². The summed E-state index contributed by atoms with van der Waals surface area (Å²) in [6.45, 7) is 1.07. The van der Waals surface area contributed by atoms with Crippen LogP contribution in [0.1, 0.15) is 0 Å². The van der Waals surface area contributed by atoms with E-state index < -0.39 is 9.05 Å². The fraction of sp³-hybridized carbons (Fsp3) is 0.222. The number of nitrogens with one attached hydrogen (secondary N) is 1. The number of carbonyl (C=O) groups excluding carboxylic acids is 1. The minimum atomic E-state index is -3.76. The van der Waals surface area contributed by atoms with Crippen LogP contribution in [0.3, 0.4) is 0 Å². The number of benzene rings is 1. The first-order valence-corrected chi connectivity index (χ1v) is 6.89. The second-order valence-corrected chi connectivity index (χ2v) is 5.88. The first-order chi connectivity index (χ1) is 7.48. The molecule has 0 aromatic heterocycles. The van der Waals surface area contributed by atoms with Crippen LogP contribution < -0.4 is 10.2 Å². The maximum absolute atomic E-state index is 11.4. The van der Waals surface area contributed by atoms with Gasteiger partial charge in [-0.3, -0.25) is 4.90 Å². The number of rotatable bonds is 2. The minimum absolute atomic E-state index is 0.00799. The first-order valence-electron chi connectivity index (χ1n) is 4.58. The Bertz CT molecular complexity index is 529. The number of halogens is 1. The molecule has 2 rings (SSSR count). The van der Waals surface area contributed by atoms with Crippen LogP contribution in [0.5, 0.6) is 0 Å². The highest BCUT2D eigenvalue weighted by Crippen LogP contribution is 2.22. The van der Waals surface area contributed by atoms with Gasteiger partial charge in [-0.2, -0.15) is 0 Å². The van der Waals surface area contributed by atoms with E-state index in [1.807, 2.05) is 0 Å². The Morgan fingerprint density at radius 2 is 2.12 bits per heavy atom. The van der Waals surface area contributed by atoms with Crippen molar-refractivity contribution in [2.75, 3.05) is 18.0 Å². The molecule has 0 saturated carbocycles. The van der Waals surface area contributed by atoms with E-state index in [0.29, 0.717) is 18.8 Å². The topological polar surface area (TPSA) is 66.5 Å². The summed E-state index contributed by atoms with van der Waals surface area (Å²) in [5, 5.41) is 2.63. The highest BCUT2D eigenvalue weighted by Gasteiger charge is 2.22. The molecule has 1 aliphatic rings. The maximum atomic E-state index is 11.4. The lowest BCUT2D eigenvalue weighted by atomic mass is 10.3. The zero-order valence-electron chi connectivity index (χ0n) is 8.18. The molecule has 1 fully saturated rings. The van der Waals surface area contributed by atoms with Crippen molar-refractivity contribution in [1.82, 2.24) is 5.32 Å². The number of amides is 2. The number of urea groups is 1. The van der Waals surface area contributed by atoms with Crippen LogP contribution >= 0.6 is 10.7 Å². The molecule has 1 aliphatic heterocycles. The maximum Gasteiger partial charge on any atom is 0.321 e. The summed E-state index contributed by atoms with van der Waals surface area (Å²) in [5.74, 6) is 0. The van der Waals surface area contributed by atoms with Gasteiger partial charge in [0.05, 0.1) is 4.90 Å². The Morgan fingerprint density at radius 1 is 1.38 bits per heavy atom. The molecule has 1 saturated heterocycles. The minimum Gasteiger partial charge on any atom is -0.336 e. The lowest BCUT2D eigenvalue weighted by Crippen LogP contribution is -2.27. The molecule has 0 unspecified atom stereocenters. The van der Waals surface area contributed by atoms with Gasteiger partial charge in [-0.05, 0) is 18.2 Å². The monoisotopic (exact) mass is 260 g/mol. The molecule has 1 aromatic carbocycles. The summed E-state index contributed by atoms with van der Waals surface area (Å²) in [6.07, 6.45) is 0. The van der Waals surface area contributed by atoms with Crippen molar-refractivity contribution in [3.8, 4) is 0 Å². The number of nitrogens with zero attached hydrogens (tertiary/aromatic N) is 1. The van der Waals surface area contributed by atoms with Crippen LogP contribution in [0.25, 0.3) is 0 Å². The molecule has 2 amide bonds. The van der Waals surface area contributed by atoms with Crippen molar-refractivity contribution < 1.29 is 13.2 Å². The van der Waals surface area contributed by atoms with Crippen LogP contribution in [0.4, 0.5) is 10.5 Å². The molecule has 7 heteroatoms. The van der Waals surface area contributed by atoms with E-state index in [9.17, 15) is 13.2 Å². The number of anilines is 1. The third-order valence-electron chi connectivity index (χ3n) is 2.27. The lowest BCUT2D eigenvalue weighted by molar-refractivity contribution is 0.252. The van der Waals surface area contributed by atoms with Crippen molar-refractivity contribution in [2.45, 2.75) is 4.90 Å². The average Bonchev–Trinajstić information content (AvgIpc) is 2.63. The molecule has 0 spiro atoms. The highest BCUT2D eigenvalue weighted by molar-refractivity contribution is 8.13. The van der Waals surface area contributed by atoms with E-state index >= 15 is 0 Å². The van der Waals surface area contributed by atoms with Gasteiger partial charge in [-0.15, -0.1) is 0 Å². The van der Waals surface area contributed by atoms with Gasteiger partial charge in [0.25, 0.3) is 9.05 Å². The lowest BCUT2D eigenvalue weighted by Gasteiger charge is -2.14. The molecular weight excluding hydrogens is 252 g/mol. The molecular formula is C9H9ClN2O3S. The summed E-state index contributed by atoms with van der Waals surface area (Å²) >= 11 is 0. The predicted octanol–water partition coefficient (Wildman–Crippen LogP) is 1.14. The van der Waals surface area contributed by atoms with Crippen LogP contribution in [-0.4, -0.2) is 27.5 Å². The number of carbonyl (C=O) groups is 1. The molecule has 1 heterocycles. The smallest absolute Gasteiger partial charge is 0.321 e. The van der Waals surface area contributed by atoms with E-state index in [0.717, 1.165) is 0 Å². The van der Waals surface area contributed by atoms with E-state index in [4.69, 9.17) is 10.7 Å². The van der Waals surface area contributed by atoms with Gasteiger partial charge in [-0.1, -0.05) is 6.07 Å². The van der Waals surface area contributed by atoms with Gasteiger partial charge in [0.1, 0.15) is 0 Å². The van der Waals surface area contributed by atoms with Crippen molar-refractivity contribution in [2.24, 2.45) is 0 Å². The SMILES string of the molecule is O=C1NCCN1c1cccc(S(=O)(=O)Cl)c1. The second kappa shape index (κ2) is 3.95. The quantitative estimate of drug-likeness (QED) is 0.811. The van der Waals surface area contributed by atoms with Crippen LogP contribution in [0.2, 0.25) is 0 Å². The fourth-order valence-electron chi connectivity index (χ4n) is 1.52. The molecule has 86 valence electrons. The van der Waals surface area contributed by atoms with Gasteiger partial charge in [0, 0.05) is 29.5 Å². The molecule has 0 radical (unpaired) electrons. The van der Waals surface area contributed by atoms with E-state index in [1.165, 1.54) is 17.0 Å². The van der Waals surface area contributed by atoms with Gasteiger partial charge in [0.15, 0.2) is 0 Å². The average molecular weight is 261 g/mol. The zero-order valence-corrected chi connectivity index (χ0v) is 9.75. The van der Waals surface area contributed by atoms with Crippen LogP contribution in [-0.2, 0) is 9.05 Å². The largest absolute Gasteiger partial charge is 0.336 e. The summed E-state index contributed by atoms with van der Waals surface area (Å²) in [6, 6.07) is 5.75. The molecule has 5 nitrogen and oxygen atoms in total. The Labute approximate surface area is 97.4 Å². The summed E-state index contributed by atoms with van der Waals surface area (Å²) in [4.78, 5) is 12.8. The van der Waals surface area contributed by atoms with E-state index in [1.54, 1.807) is 12.1 Å². The van der Waals surface area contributed by atoms with Crippen molar-refractivity contribution in [1.29, 1.82) is 0 Å². The third kappa shape index (κ3) is 2.12. The molecule has 16 heavy (non-hydrogen) atoms. The highest BCUT2D eigenvalue weighted by atomic mass is 35.7. The zero-order chi connectivity index (χ0) is 11.8. The Balaban J connectivity index is 2.40. The summed E-state index contributed by atoms with van der Waals surface area (Å²) < 4.78 is 22.3. The van der Waals surface area contributed by atoms with E-state index in [2.05, 4.69) is 5.32 Å². The Hall–Kier alpha value is -1.27. The molecule has 0 bridgehead atoms. The normalized spacial score (nSPS) is 16.3. The van der Waals surface area contributed by atoms with Gasteiger partial charge >= 0.3 is 6.03 Å². The summed E-state index contributed by atoms with van der Waals surface area (Å²) in [5.41, 5.74) is 0.525. The van der Waals surface area contributed by atoms with Crippen molar-refractivity contribution in [3.05, 3.63) is 24.3 Å². The van der Waals surface area contributed by atoms with Crippen molar-refractivity contribution in [3.63, 3.8) is 0 Å². The fourth-order valence-corrected chi connectivity index (χ4v) is 2.31. The Kier molecular flexibility index (Phi) is 2.77. The van der Waals surface area contributed by atoms with Gasteiger partial charge < -0.3 is 5.32 Å². The van der Waals surface area contributed by atoms with Crippen LogP contribution in [0.15, 0.2) is 29.2 Å². The van der Waals surface area contributed by atoms with Crippen LogP contribution in [0, 0.1) is 0 Å². The second-order valence-electron chi connectivity index (χ2n) is 3.32.